The molecule has 0 amide bonds. The van der Waals surface area contributed by atoms with Gasteiger partial charge in [-0.2, -0.15) is 0 Å². The number of aromatic nitrogens is 3. The summed E-state index contributed by atoms with van der Waals surface area (Å²) in [6, 6.07) is 26.1. The third-order valence-corrected chi connectivity index (χ3v) is 5.88. The highest BCUT2D eigenvalue weighted by molar-refractivity contribution is 7.99. The van der Waals surface area contributed by atoms with Gasteiger partial charge in [0.25, 0.3) is 0 Å². The second-order valence-corrected chi connectivity index (χ2v) is 7.62. The predicted molar refractivity (Wildman–Crippen MR) is 114 cm³/mol. The summed E-state index contributed by atoms with van der Waals surface area (Å²) in [5.74, 6) is 0.770. The Bertz CT molecular complexity index is 1050. The van der Waals surface area contributed by atoms with Crippen molar-refractivity contribution in [2.24, 2.45) is 0 Å². The van der Waals surface area contributed by atoms with Gasteiger partial charge in [0.2, 0.25) is 0 Å². The summed E-state index contributed by atoms with van der Waals surface area (Å²) in [6.07, 6.45) is 1.71. The maximum Gasteiger partial charge on any atom is 0.196 e. The van der Waals surface area contributed by atoms with Crippen LogP contribution in [0.15, 0.2) is 90.3 Å². The van der Waals surface area contributed by atoms with E-state index in [1.807, 2.05) is 59.2 Å². The number of ether oxygens (including phenoxy) is 1. The van der Waals surface area contributed by atoms with E-state index in [4.69, 9.17) is 16.3 Å². The summed E-state index contributed by atoms with van der Waals surface area (Å²) in [5, 5.41) is 10.1. The fraction of sp³-hybridized carbons (Fsp3) is 0.0909. The van der Waals surface area contributed by atoms with Crippen LogP contribution in [-0.4, -0.2) is 21.9 Å². The van der Waals surface area contributed by atoms with Crippen LogP contribution in [0.5, 0.6) is 5.75 Å². The standard InChI is InChI=1S/C22H18ClN3OS/c1-27-20-10-6-5-9-19(20)26-15-24-25-22(26)28-21(16-7-3-2-4-8-16)17-11-13-18(23)14-12-17/h2-15,21H,1H3/t21-/m0/s1. The van der Waals surface area contributed by atoms with Crippen molar-refractivity contribution in [3.05, 3.63) is 101 Å². The Balaban J connectivity index is 1.75. The molecule has 0 radical (unpaired) electrons. The van der Waals surface area contributed by atoms with Gasteiger partial charge in [-0.25, -0.2) is 0 Å². The van der Waals surface area contributed by atoms with Gasteiger partial charge in [-0.3, -0.25) is 4.57 Å². The van der Waals surface area contributed by atoms with Gasteiger partial charge < -0.3 is 4.74 Å². The van der Waals surface area contributed by atoms with Gasteiger partial charge in [0, 0.05) is 5.02 Å². The van der Waals surface area contributed by atoms with E-state index in [0.717, 1.165) is 27.2 Å². The first kappa shape index (κ1) is 18.6. The Morgan fingerprint density at radius 3 is 2.32 bits per heavy atom. The molecule has 0 bridgehead atoms. The maximum atomic E-state index is 6.10. The molecule has 140 valence electrons. The molecule has 1 aromatic heterocycles. The van der Waals surface area contributed by atoms with E-state index < -0.39 is 0 Å². The predicted octanol–water partition coefficient (Wildman–Crippen LogP) is 5.81. The van der Waals surface area contributed by atoms with E-state index in [9.17, 15) is 0 Å². The number of nitrogens with zero attached hydrogens (tertiary/aromatic N) is 3. The first-order chi connectivity index (χ1) is 13.8. The largest absolute Gasteiger partial charge is 0.495 e. The fourth-order valence-corrected chi connectivity index (χ4v) is 4.27. The summed E-state index contributed by atoms with van der Waals surface area (Å²) in [6.45, 7) is 0. The molecule has 28 heavy (non-hydrogen) atoms. The monoisotopic (exact) mass is 407 g/mol. The van der Waals surface area contributed by atoms with E-state index in [2.05, 4.69) is 34.5 Å². The third kappa shape index (κ3) is 3.91. The van der Waals surface area contributed by atoms with Crippen molar-refractivity contribution in [1.29, 1.82) is 0 Å². The SMILES string of the molecule is COc1ccccc1-n1cnnc1S[C@@H](c1ccccc1)c1ccc(Cl)cc1. The highest BCUT2D eigenvalue weighted by Gasteiger charge is 2.20. The van der Waals surface area contributed by atoms with Crippen LogP contribution in [0.4, 0.5) is 0 Å². The average Bonchev–Trinajstić information content (AvgIpc) is 3.21. The number of benzene rings is 3. The summed E-state index contributed by atoms with van der Waals surface area (Å²) >= 11 is 7.74. The van der Waals surface area contributed by atoms with Crippen LogP contribution >= 0.6 is 23.4 Å². The van der Waals surface area contributed by atoms with Crippen molar-refractivity contribution in [2.45, 2.75) is 10.4 Å². The van der Waals surface area contributed by atoms with Gasteiger partial charge >= 0.3 is 0 Å². The van der Waals surface area contributed by atoms with E-state index in [-0.39, 0.29) is 5.25 Å². The Kier molecular flexibility index (Phi) is 5.65. The summed E-state index contributed by atoms with van der Waals surface area (Å²) in [5.41, 5.74) is 3.24. The summed E-state index contributed by atoms with van der Waals surface area (Å²) in [4.78, 5) is 0. The Labute approximate surface area is 173 Å². The van der Waals surface area contributed by atoms with E-state index >= 15 is 0 Å². The molecule has 4 nitrogen and oxygen atoms in total. The second-order valence-electron chi connectivity index (χ2n) is 6.12. The van der Waals surface area contributed by atoms with Crippen molar-refractivity contribution >= 4 is 23.4 Å². The Morgan fingerprint density at radius 2 is 1.57 bits per heavy atom. The fourth-order valence-electron chi connectivity index (χ4n) is 3.00. The third-order valence-electron chi connectivity index (χ3n) is 4.36. The van der Waals surface area contributed by atoms with Crippen LogP contribution in [0.25, 0.3) is 5.69 Å². The molecule has 0 spiro atoms. The number of hydrogen-bond donors (Lipinski definition) is 0. The molecule has 1 heterocycles. The second kappa shape index (κ2) is 8.50. The van der Waals surface area contributed by atoms with E-state index in [0.29, 0.717) is 0 Å². The Morgan fingerprint density at radius 1 is 0.893 bits per heavy atom. The van der Waals surface area contributed by atoms with Crippen LogP contribution < -0.4 is 4.74 Å². The first-order valence-electron chi connectivity index (χ1n) is 8.77. The molecule has 0 fully saturated rings. The molecule has 4 aromatic rings. The molecule has 1 atom stereocenters. The molecule has 0 N–H and O–H groups in total. The van der Waals surface area contributed by atoms with Crippen molar-refractivity contribution in [2.75, 3.05) is 7.11 Å². The number of thioether (sulfide) groups is 1. The zero-order valence-electron chi connectivity index (χ0n) is 15.2. The van der Waals surface area contributed by atoms with Crippen LogP contribution in [0.2, 0.25) is 5.02 Å². The van der Waals surface area contributed by atoms with Gasteiger partial charge in [-0.1, -0.05) is 78.0 Å². The molecule has 0 unspecified atom stereocenters. The van der Waals surface area contributed by atoms with Crippen LogP contribution in [0.3, 0.4) is 0 Å². The topological polar surface area (TPSA) is 39.9 Å². The maximum absolute atomic E-state index is 6.10. The molecule has 0 aliphatic heterocycles. The number of methoxy groups -OCH3 is 1. The van der Waals surface area contributed by atoms with Crippen LogP contribution in [-0.2, 0) is 0 Å². The van der Waals surface area contributed by atoms with Crippen LogP contribution in [0.1, 0.15) is 16.4 Å². The molecule has 6 heteroatoms. The Hall–Kier alpha value is -2.76. The minimum atomic E-state index is 0.0520. The zero-order valence-corrected chi connectivity index (χ0v) is 16.8. The molecule has 3 aromatic carbocycles. The van der Waals surface area contributed by atoms with Gasteiger partial charge in [-0.15, -0.1) is 10.2 Å². The number of halogens is 1. The zero-order chi connectivity index (χ0) is 19.3. The lowest BCUT2D eigenvalue weighted by atomic mass is 10.0. The summed E-state index contributed by atoms with van der Waals surface area (Å²) < 4.78 is 7.46. The van der Waals surface area contributed by atoms with Gasteiger partial charge in [-0.05, 0) is 35.4 Å². The van der Waals surface area contributed by atoms with Gasteiger partial charge in [0.1, 0.15) is 12.1 Å². The highest BCUT2D eigenvalue weighted by Crippen LogP contribution is 2.41. The molecule has 4 rings (SSSR count). The van der Waals surface area contributed by atoms with Crippen molar-refractivity contribution in [1.82, 2.24) is 14.8 Å². The summed E-state index contributed by atoms with van der Waals surface area (Å²) in [7, 11) is 1.66. The lowest BCUT2D eigenvalue weighted by Gasteiger charge is -2.18. The first-order valence-corrected chi connectivity index (χ1v) is 10.0. The molecule has 0 saturated carbocycles. The van der Waals surface area contributed by atoms with E-state index in [1.165, 1.54) is 5.56 Å². The molecular formula is C22H18ClN3OS. The number of hydrogen-bond acceptors (Lipinski definition) is 4. The minimum Gasteiger partial charge on any atom is -0.495 e. The smallest absolute Gasteiger partial charge is 0.196 e. The lowest BCUT2D eigenvalue weighted by Crippen LogP contribution is -2.02. The minimum absolute atomic E-state index is 0.0520. The van der Waals surface area contributed by atoms with Crippen molar-refractivity contribution in [3.8, 4) is 11.4 Å². The molecule has 0 aliphatic carbocycles. The van der Waals surface area contributed by atoms with Crippen LogP contribution in [0, 0.1) is 0 Å². The number of para-hydroxylation sites is 2. The van der Waals surface area contributed by atoms with Gasteiger partial charge in [0.05, 0.1) is 18.0 Å². The molecular weight excluding hydrogens is 390 g/mol. The number of rotatable bonds is 6. The van der Waals surface area contributed by atoms with Crippen molar-refractivity contribution < 1.29 is 4.74 Å². The average molecular weight is 408 g/mol. The quantitative estimate of drug-likeness (QED) is 0.378. The normalized spacial score (nSPS) is 11.9. The lowest BCUT2D eigenvalue weighted by molar-refractivity contribution is 0.412. The van der Waals surface area contributed by atoms with Crippen molar-refractivity contribution in [3.63, 3.8) is 0 Å². The highest BCUT2D eigenvalue weighted by atomic mass is 35.5. The molecule has 0 aliphatic rings. The van der Waals surface area contributed by atoms with E-state index in [1.54, 1.807) is 25.2 Å². The van der Waals surface area contributed by atoms with Gasteiger partial charge in [0.15, 0.2) is 5.16 Å². The molecule has 0 saturated heterocycles.